The van der Waals surface area contributed by atoms with Gasteiger partial charge in [-0.1, -0.05) is 13.8 Å². The smallest absolute Gasteiger partial charge is 0.248 e. The number of anilines is 1. The molecule has 6 nitrogen and oxygen atoms in total. The van der Waals surface area contributed by atoms with E-state index < -0.39 is 0 Å². The van der Waals surface area contributed by atoms with Gasteiger partial charge in [0.1, 0.15) is 0 Å². The van der Waals surface area contributed by atoms with Gasteiger partial charge in [-0.3, -0.25) is 0 Å². The van der Waals surface area contributed by atoms with Gasteiger partial charge in [-0.25, -0.2) is 10.1 Å². The molecule has 1 aliphatic carbocycles. The number of nitrogens with zero attached hydrogens (tertiary/aromatic N) is 4. The van der Waals surface area contributed by atoms with Crippen molar-refractivity contribution in [2.75, 3.05) is 19.4 Å². The molecule has 1 aliphatic rings. The summed E-state index contributed by atoms with van der Waals surface area (Å²) in [6, 6.07) is 0.479. The molecule has 0 aliphatic heterocycles. The summed E-state index contributed by atoms with van der Waals surface area (Å²) in [5.74, 6) is 2.77. The van der Waals surface area contributed by atoms with Crippen molar-refractivity contribution in [2.24, 2.45) is 16.8 Å². The van der Waals surface area contributed by atoms with Crippen molar-refractivity contribution >= 4 is 18.2 Å². The van der Waals surface area contributed by atoms with Crippen LogP contribution < -0.4 is 5.32 Å². The van der Waals surface area contributed by atoms with E-state index in [2.05, 4.69) is 39.3 Å². The molecular weight excluding hydrogens is 240 g/mol. The lowest BCUT2D eigenvalue weighted by molar-refractivity contribution is 0.260. The SMILES string of the molecule is C[C@@H]1CC[C@@H](Nc2n[nH]c(N=CN(C)C)n2)C[C@@H]1C. The Labute approximate surface area is 114 Å². The number of aliphatic imine (C=N–C) groups is 1. The first-order valence-electron chi connectivity index (χ1n) is 6.94. The highest BCUT2D eigenvalue weighted by Gasteiger charge is 2.25. The molecule has 6 heteroatoms. The second kappa shape index (κ2) is 6.04. The molecule has 0 bridgehead atoms. The maximum Gasteiger partial charge on any atom is 0.248 e. The van der Waals surface area contributed by atoms with E-state index in [-0.39, 0.29) is 0 Å². The minimum Gasteiger partial charge on any atom is -0.369 e. The number of rotatable bonds is 4. The van der Waals surface area contributed by atoms with Gasteiger partial charge in [-0.05, 0) is 31.1 Å². The summed E-state index contributed by atoms with van der Waals surface area (Å²) >= 11 is 0. The third kappa shape index (κ3) is 3.94. The highest BCUT2D eigenvalue weighted by molar-refractivity contribution is 5.57. The zero-order valence-electron chi connectivity index (χ0n) is 12.2. The lowest BCUT2D eigenvalue weighted by atomic mass is 9.79. The molecule has 1 fully saturated rings. The van der Waals surface area contributed by atoms with Gasteiger partial charge in [0.2, 0.25) is 11.9 Å². The molecule has 1 saturated carbocycles. The van der Waals surface area contributed by atoms with Crippen molar-refractivity contribution < 1.29 is 0 Å². The molecular formula is C13H24N6. The first-order valence-corrected chi connectivity index (χ1v) is 6.94. The van der Waals surface area contributed by atoms with Gasteiger partial charge in [0.25, 0.3) is 0 Å². The van der Waals surface area contributed by atoms with Crippen LogP contribution in [0.2, 0.25) is 0 Å². The quantitative estimate of drug-likeness (QED) is 0.646. The Balaban J connectivity index is 1.89. The number of H-pyrrole nitrogens is 1. The fraction of sp³-hybridized carbons (Fsp3) is 0.769. The van der Waals surface area contributed by atoms with Gasteiger partial charge in [-0.2, -0.15) is 4.98 Å². The summed E-state index contributed by atoms with van der Waals surface area (Å²) in [6.07, 6.45) is 5.35. The Morgan fingerprint density at radius 1 is 1.32 bits per heavy atom. The molecule has 19 heavy (non-hydrogen) atoms. The van der Waals surface area contributed by atoms with Crippen molar-refractivity contribution in [3.63, 3.8) is 0 Å². The topological polar surface area (TPSA) is 69.2 Å². The van der Waals surface area contributed by atoms with Crippen molar-refractivity contribution in [1.29, 1.82) is 0 Å². The van der Waals surface area contributed by atoms with E-state index >= 15 is 0 Å². The van der Waals surface area contributed by atoms with E-state index in [1.807, 2.05) is 19.0 Å². The minimum atomic E-state index is 0.479. The first-order chi connectivity index (χ1) is 9.04. The van der Waals surface area contributed by atoms with E-state index in [9.17, 15) is 0 Å². The highest BCUT2D eigenvalue weighted by atomic mass is 15.3. The zero-order valence-corrected chi connectivity index (χ0v) is 12.2. The summed E-state index contributed by atoms with van der Waals surface area (Å²) < 4.78 is 0. The van der Waals surface area contributed by atoms with Crippen molar-refractivity contribution in [3.8, 4) is 0 Å². The van der Waals surface area contributed by atoms with Crippen LogP contribution in [0.15, 0.2) is 4.99 Å². The summed E-state index contributed by atoms with van der Waals surface area (Å²) in [4.78, 5) is 10.4. The van der Waals surface area contributed by atoms with Gasteiger partial charge in [0, 0.05) is 20.1 Å². The van der Waals surface area contributed by atoms with Crippen LogP contribution in [0.5, 0.6) is 0 Å². The lowest BCUT2D eigenvalue weighted by Crippen LogP contribution is -2.30. The molecule has 0 amide bonds. The fourth-order valence-electron chi connectivity index (χ4n) is 2.41. The van der Waals surface area contributed by atoms with Crippen LogP contribution in [-0.4, -0.2) is 46.6 Å². The second-order valence-corrected chi connectivity index (χ2v) is 5.80. The molecule has 0 radical (unpaired) electrons. The maximum absolute atomic E-state index is 4.32. The molecule has 3 atom stereocenters. The average Bonchev–Trinajstić information content (AvgIpc) is 2.79. The maximum atomic E-state index is 4.32. The van der Waals surface area contributed by atoms with Gasteiger partial charge < -0.3 is 10.2 Å². The highest BCUT2D eigenvalue weighted by Crippen LogP contribution is 2.30. The third-order valence-corrected chi connectivity index (χ3v) is 3.82. The van der Waals surface area contributed by atoms with Crippen molar-refractivity contribution in [2.45, 2.75) is 39.2 Å². The van der Waals surface area contributed by atoms with Crippen LogP contribution in [0.1, 0.15) is 33.1 Å². The van der Waals surface area contributed by atoms with Gasteiger partial charge in [0.05, 0.1) is 6.34 Å². The number of hydrogen-bond donors (Lipinski definition) is 2. The molecule has 2 rings (SSSR count). The molecule has 0 saturated heterocycles. The van der Waals surface area contributed by atoms with Crippen LogP contribution in [0, 0.1) is 11.8 Å². The Bertz CT molecular complexity index is 425. The van der Waals surface area contributed by atoms with E-state index in [1.54, 1.807) is 6.34 Å². The van der Waals surface area contributed by atoms with Gasteiger partial charge >= 0.3 is 0 Å². The Kier molecular flexibility index (Phi) is 4.39. The number of hydrogen-bond acceptors (Lipinski definition) is 4. The number of aromatic amines is 1. The zero-order chi connectivity index (χ0) is 13.8. The Morgan fingerprint density at radius 2 is 2.11 bits per heavy atom. The van der Waals surface area contributed by atoms with Crippen LogP contribution in [0.25, 0.3) is 0 Å². The second-order valence-electron chi connectivity index (χ2n) is 5.80. The predicted molar refractivity (Wildman–Crippen MR) is 77.8 cm³/mol. The molecule has 106 valence electrons. The lowest BCUT2D eigenvalue weighted by Gasteiger charge is -2.32. The molecule has 0 unspecified atom stereocenters. The molecule has 0 spiro atoms. The average molecular weight is 264 g/mol. The number of nitrogens with one attached hydrogen (secondary N) is 2. The van der Waals surface area contributed by atoms with Crippen molar-refractivity contribution in [3.05, 3.63) is 0 Å². The number of aromatic nitrogens is 3. The monoisotopic (exact) mass is 264 g/mol. The summed E-state index contributed by atoms with van der Waals surface area (Å²) in [7, 11) is 3.84. The first kappa shape index (κ1) is 13.8. The predicted octanol–water partition coefficient (Wildman–Crippen LogP) is 2.26. The summed E-state index contributed by atoms with van der Waals surface area (Å²) in [5.41, 5.74) is 0. The van der Waals surface area contributed by atoms with Gasteiger partial charge in [-0.15, -0.1) is 5.10 Å². The summed E-state index contributed by atoms with van der Waals surface area (Å²) in [6.45, 7) is 4.66. The van der Waals surface area contributed by atoms with Crippen LogP contribution in [0.3, 0.4) is 0 Å². The normalized spacial score (nSPS) is 27.7. The Hall–Kier alpha value is -1.59. The van der Waals surface area contributed by atoms with E-state index in [1.165, 1.54) is 19.3 Å². The molecule has 1 aromatic rings. The minimum absolute atomic E-state index is 0.479. The fourth-order valence-corrected chi connectivity index (χ4v) is 2.41. The molecule has 1 heterocycles. The molecule has 0 aromatic carbocycles. The largest absolute Gasteiger partial charge is 0.369 e. The van der Waals surface area contributed by atoms with E-state index in [4.69, 9.17) is 0 Å². The standard InChI is InChI=1S/C13H24N6/c1-9-5-6-11(7-10(9)2)15-13-16-12(17-18-13)14-8-19(3)4/h8-11H,5-7H2,1-4H3,(H2,15,16,17,18)/t9-,10+,11-/m1/s1. The third-order valence-electron chi connectivity index (χ3n) is 3.82. The molecule has 2 N–H and O–H groups in total. The van der Waals surface area contributed by atoms with E-state index in [0.717, 1.165) is 11.8 Å². The van der Waals surface area contributed by atoms with Gasteiger partial charge in [0.15, 0.2) is 0 Å². The van der Waals surface area contributed by atoms with Crippen LogP contribution >= 0.6 is 0 Å². The van der Waals surface area contributed by atoms with E-state index in [0.29, 0.717) is 17.9 Å². The van der Waals surface area contributed by atoms with Crippen molar-refractivity contribution in [1.82, 2.24) is 20.1 Å². The molecule has 1 aromatic heterocycles. The summed E-state index contributed by atoms with van der Waals surface area (Å²) in [5, 5.41) is 10.4. The Morgan fingerprint density at radius 3 is 2.79 bits per heavy atom. The van der Waals surface area contributed by atoms with Crippen LogP contribution in [-0.2, 0) is 0 Å². The van der Waals surface area contributed by atoms with Crippen LogP contribution in [0.4, 0.5) is 11.9 Å².